The number of hydrogen-bond donors (Lipinski definition) is 1. The molecule has 2 amide bonds. The molecule has 2 aromatic rings. The highest BCUT2D eigenvalue weighted by atomic mass is 35.5. The lowest BCUT2D eigenvalue weighted by Gasteiger charge is -2.14. The number of hydrazine groups is 1. The minimum Gasteiger partial charge on any atom is -0.267 e. The van der Waals surface area contributed by atoms with E-state index >= 15 is 0 Å². The highest BCUT2D eigenvalue weighted by Gasteiger charge is 2.34. The van der Waals surface area contributed by atoms with Gasteiger partial charge in [0, 0.05) is 5.02 Å². The number of carbonyl (C=O) groups is 2. The SMILES string of the molecule is O=C1NN(c2cccc(Cl)c2)C(=O)C1=Cc1ccc(F)cc1. The fourth-order valence-electron chi connectivity index (χ4n) is 2.08. The van der Waals surface area contributed by atoms with Gasteiger partial charge in [-0.3, -0.25) is 15.0 Å². The van der Waals surface area contributed by atoms with Crippen LogP contribution in [-0.2, 0) is 9.59 Å². The minimum atomic E-state index is -0.519. The molecule has 1 aliphatic rings. The van der Waals surface area contributed by atoms with Crippen molar-refractivity contribution in [2.45, 2.75) is 0 Å². The van der Waals surface area contributed by atoms with Crippen LogP contribution in [0.2, 0.25) is 5.02 Å². The van der Waals surface area contributed by atoms with Crippen LogP contribution in [-0.4, -0.2) is 11.8 Å². The molecule has 4 nitrogen and oxygen atoms in total. The summed E-state index contributed by atoms with van der Waals surface area (Å²) in [6.45, 7) is 0. The van der Waals surface area contributed by atoms with E-state index in [9.17, 15) is 14.0 Å². The van der Waals surface area contributed by atoms with E-state index in [1.807, 2.05) is 0 Å². The average Bonchev–Trinajstić information content (AvgIpc) is 2.77. The van der Waals surface area contributed by atoms with E-state index < -0.39 is 11.8 Å². The summed E-state index contributed by atoms with van der Waals surface area (Å²) in [7, 11) is 0. The molecule has 0 radical (unpaired) electrons. The van der Waals surface area contributed by atoms with Crippen LogP contribution in [0.4, 0.5) is 10.1 Å². The van der Waals surface area contributed by atoms with Crippen molar-refractivity contribution in [3.8, 4) is 0 Å². The predicted molar refractivity (Wildman–Crippen MR) is 81.5 cm³/mol. The van der Waals surface area contributed by atoms with E-state index in [4.69, 9.17) is 11.6 Å². The van der Waals surface area contributed by atoms with Crippen molar-refractivity contribution in [3.63, 3.8) is 0 Å². The second-order valence-electron chi connectivity index (χ2n) is 4.67. The van der Waals surface area contributed by atoms with Gasteiger partial charge in [0.25, 0.3) is 11.8 Å². The summed E-state index contributed by atoms with van der Waals surface area (Å²) in [6.07, 6.45) is 1.42. The molecule has 1 fully saturated rings. The normalized spacial score (nSPS) is 16.3. The third-order valence-corrected chi connectivity index (χ3v) is 3.37. The quantitative estimate of drug-likeness (QED) is 0.684. The smallest absolute Gasteiger partial charge is 0.267 e. The first-order valence-corrected chi connectivity index (χ1v) is 6.81. The van der Waals surface area contributed by atoms with Crippen molar-refractivity contribution in [2.75, 3.05) is 5.01 Å². The molecule has 3 rings (SSSR count). The van der Waals surface area contributed by atoms with Crippen LogP contribution in [0.5, 0.6) is 0 Å². The Balaban J connectivity index is 1.93. The highest BCUT2D eigenvalue weighted by Crippen LogP contribution is 2.24. The number of nitrogens with one attached hydrogen (secondary N) is 1. The van der Waals surface area contributed by atoms with E-state index in [0.717, 1.165) is 5.01 Å². The van der Waals surface area contributed by atoms with Crippen molar-refractivity contribution in [1.82, 2.24) is 5.43 Å². The summed E-state index contributed by atoms with van der Waals surface area (Å²) >= 11 is 5.89. The Labute approximate surface area is 130 Å². The predicted octanol–water partition coefficient (Wildman–Crippen LogP) is 2.94. The first kappa shape index (κ1) is 14.3. The first-order valence-electron chi connectivity index (χ1n) is 6.43. The number of benzene rings is 2. The van der Waals surface area contributed by atoms with Crippen molar-refractivity contribution < 1.29 is 14.0 Å². The van der Waals surface area contributed by atoms with Gasteiger partial charge < -0.3 is 0 Å². The van der Waals surface area contributed by atoms with E-state index in [1.165, 1.54) is 30.3 Å². The number of hydrogen-bond acceptors (Lipinski definition) is 2. The molecule has 1 aliphatic heterocycles. The number of anilines is 1. The van der Waals surface area contributed by atoms with Gasteiger partial charge >= 0.3 is 0 Å². The minimum absolute atomic E-state index is 0.0217. The van der Waals surface area contributed by atoms with Gasteiger partial charge in [-0.1, -0.05) is 29.8 Å². The maximum Gasteiger partial charge on any atom is 0.282 e. The molecule has 0 aromatic heterocycles. The molecule has 6 heteroatoms. The van der Waals surface area contributed by atoms with Gasteiger partial charge in [-0.05, 0) is 42.0 Å². The molecule has 0 unspecified atom stereocenters. The lowest BCUT2D eigenvalue weighted by molar-refractivity contribution is -0.117. The molecular weight excluding hydrogens is 307 g/mol. The van der Waals surface area contributed by atoms with Crippen LogP contribution in [0.25, 0.3) is 6.08 Å². The summed E-state index contributed by atoms with van der Waals surface area (Å²) in [6, 6.07) is 12.1. The zero-order valence-corrected chi connectivity index (χ0v) is 12.0. The lowest BCUT2D eigenvalue weighted by Crippen LogP contribution is -2.35. The van der Waals surface area contributed by atoms with Gasteiger partial charge in [-0.2, -0.15) is 0 Å². The monoisotopic (exact) mass is 316 g/mol. The van der Waals surface area contributed by atoms with Crippen molar-refractivity contribution >= 4 is 35.2 Å². The van der Waals surface area contributed by atoms with Gasteiger partial charge in [0.2, 0.25) is 0 Å². The van der Waals surface area contributed by atoms with E-state index in [2.05, 4.69) is 5.43 Å². The molecule has 2 aromatic carbocycles. The lowest BCUT2D eigenvalue weighted by atomic mass is 10.1. The van der Waals surface area contributed by atoms with Crippen molar-refractivity contribution in [3.05, 3.63) is 70.5 Å². The Morgan fingerprint density at radius 2 is 1.82 bits per heavy atom. The standard InChI is InChI=1S/C16H10ClFN2O2/c17-11-2-1-3-13(9-11)20-16(22)14(15(21)19-20)8-10-4-6-12(18)7-5-10/h1-9H,(H,19,21). The summed E-state index contributed by atoms with van der Waals surface area (Å²) in [4.78, 5) is 24.3. The maximum absolute atomic E-state index is 12.9. The van der Waals surface area contributed by atoms with Gasteiger partial charge in [-0.25, -0.2) is 9.40 Å². The number of carbonyl (C=O) groups excluding carboxylic acids is 2. The molecule has 22 heavy (non-hydrogen) atoms. The molecule has 1 N–H and O–H groups in total. The number of halogens is 2. The largest absolute Gasteiger partial charge is 0.282 e. The molecule has 0 spiro atoms. The Hall–Kier alpha value is -2.66. The van der Waals surface area contributed by atoms with Crippen LogP contribution in [0, 0.1) is 5.82 Å². The third-order valence-electron chi connectivity index (χ3n) is 3.14. The van der Waals surface area contributed by atoms with E-state index in [0.29, 0.717) is 16.3 Å². The first-order chi connectivity index (χ1) is 10.5. The number of nitrogens with zero attached hydrogens (tertiary/aromatic N) is 1. The Morgan fingerprint density at radius 3 is 2.50 bits per heavy atom. The molecule has 0 aliphatic carbocycles. The Kier molecular flexibility index (Phi) is 3.65. The maximum atomic E-state index is 12.9. The number of rotatable bonds is 2. The topological polar surface area (TPSA) is 49.4 Å². The second-order valence-corrected chi connectivity index (χ2v) is 5.11. The van der Waals surface area contributed by atoms with Crippen LogP contribution in [0.1, 0.15) is 5.56 Å². The molecule has 1 saturated heterocycles. The highest BCUT2D eigenvalue weighted by molar-refractivity contribution is 6.33. The molecule has 0 atom stereocenters. The fraction of sp³-hybridized carbons (Fsp3) is 0. The Morgan fingerprint density at radius 1 is 1.09 bits per heavy atom. The van der Waals surface area contributed by atoms with Gasteiger partial charge in [-0.15, -0.1) is 0 Å². The summed E-state index contributed by atoms with van der Waals surface area (Å²) in [5.41, 5.74) is 3.48. The van der Waals surface area contributed by atoms with Crippen LogP contribution in [0.15, 0.2) is 54.1 Å². The van der Waals surface area contributed by atoms with Crippen molar-refractivity contribution in [2.24, 2.45) is 0 Å². The third kappa shape index (κ3) is 2.71. The average molecular weight is 317 g/mol. The molecule has 110 valence electrons. The second kappa shape index (κ2) is 5.61. The van der Waals surface area contributed by atoms with Crippen LogP contribution in [0.3, 0.4) is 0 Å². The summed E-state index contributed by atoms with van der Waals surface area (Å²) in [5, 5.41) is 1.58. The fourth-order valence-corrected chi connectivity index (χ4v) is 2.26. The molecule has 1 heterocycles. The zero-order valence-electron chi connectivity index (χ0n) is 11.2. The van der Waals surface area contributed by atoms with Gasteiger partial charge in [0.05, 0.1) is 5.69 Å². The molecular formula is C16H10ClFN2O2. The van der Waals surface area contributed by atoms with E-state index in [1.54, 1.807) is 24.3 Å². The zero-order chi connectivity index (χ0) is 15.7. The van der Waals surface area contributed by atoms with Gasteiger partial charge in [0.1, 0.15) is 11.4 Å². The van der Waals surface area contributed by atoms with Crippen molar-refractivity contribution in [1.29, 1.82) is 0 Å². The van der Waals surface area contributed by atoms with Gasteiger partial charge in [0.15, 0.2) is 0 Å². The van der Waals surface area contributed by atoms with Crippen LogP contribution < -0.4 is 10.4 Å². The number of amides is 2. The Bertz CT molecular complexity index is 787. The van der Waals surface area contributed by atoms with Crippen LogP contribution >= 0.6 is 11.6 Å². The van der Waals surface area contributed by atoms with E-state index in [-0.39, 0.29) is 11.4 Å². The molecule has 0 bridgehead atoms. The summed E-state index contributed by atoms with van der Waals surface area (Å²) in [5.74, 6) is -1.39. The molecule has 0 saturated carbocycles. The summed E-state index contributed by atoms with van der Waals surface area (Å²) < 4.78 is 12.9.